The Morgan fingerprint density at radius 3 is 2.95 bits per heavy atom. The maximum atomic E-state index is 12.6. The minimum atomic E-state index is -0.364. The van der Waals surface area contributed by atoms with Crippen LogP contribution in [-0.2, 0) is 0 Å². The van der Waals surface area contributed by atoms with Gasteiger partial charge in [-0.3, -0.25) is 4.79 Å². The lowest BCUT2D eigenvalue weighted by molar-refractivity contribution is 0.0759. The third-order valence-electron chi connectivity index (χ3n) is 3.67. The molecule has 0 saturated carbocycles. The zero-order valence-corrected chi connectivity index (χ0v) is 13.4. The summed E-state index contributed by atoms with van der Waals surface area (Å²) in [4.78, 5) is 15.4. The van der Waals surface area contributed by atoms with Crippen LogP contribution in [0.25, 0.3) is 0 Å². The van der Waals surface area contributed by atoms with Crippen molar-refractivity contribution in [1.82, 2.24) is 4.90 Å². The van der Waals surface area contributed by atoms with E-state index in [4.69, 9.17) is 11.6 Å². The maximum Gasteiger partial charge on any atom is 0.255 e. The predicted molar refractivity (Wildman–Crippen MR) is 83.5 cm³/mol. The summed E-state index contributed by atoms with van der Waals surface area (Å²) in [5.41, 5.74) is 0.676. The molecule has 1 aromatic rings. The molecule has 110 valence electrons. The SMILES string of the molecule is CCSc1ccc(Cl)cc1C(=O)N1CCC(C(C)O)C1. The summed E-state index contributed by atoms with van der Waals surface area (Å²) >= 11 is 7.68. The Hall–Kier alpha value is -0.710. The Kier molecular flexibility index (Phi) is 5.35. The van der Waals surface area contributed by atoms with Gasteiger partial charge in [0.25, 0.3) is 5.91 Å². The van der Waals surface area contributed by atoms with Gasteiger partial charge in [0.05, 0.1) is 11.7 Å². The molecule has 1 aromatic carbocycles. The van der Waals surface area contributed by atoms with Crippen molar-refractivity contribution in [1.29, 1.82) is 0 Å². The fourth-order valence-electron chi connectivity index (χ4n) is 2.49. The molecule has 0 radical (unpaired) electrons. The van der Waals surface area contributed by atoms with Crippen molar-refractivity contribution in [2.24, 2.45) is 5.92 Å². The van der Waals surface area contributed by atoms with E-state index in [1.165, 1.54) is 0 Å². The van der Waals surface area contributed by atoms with E-state index in [1.807, 2.05) is 17.0 Å². The Morgan fingerprint density at radius 1 is 1.60 bits per heavy atom. The van der Waals surface area contributed by atoms with Gasteiger partial charge in [0.1, 0.15) is 0 Å². The first kappa shape index (κ1) is 15.7. The molecule has 0 spiro atoms. The lowest BCUT2D eigenvalue weighted by Crippen LogP contribution is -2.30. The Balaban J connectivity index is 2.19. The summed E-state index contributed by atoms with van der Waals surface area (Å²) in [5.74, 6) is 1.12. The zero-order valence-electron chi connectivity index (χ0n) is 11.8. The first-order chi connectivity index (χ1) is 9.52. The molecule has 1 N–H and O–H groups in total. The van der Waals surface area contributed by atoms with Crippen LogP contribution >= 0.6 is 23.4 Å². The number of hydrogen-bond acceptors (Lipinski definition) is 3. The van der Waals surface area contributed by atoms with Crippen LogP contribution in [0.4, 0.5) is 0 Å². The van der Waals surface area contributed by atoms with Gasteiger partial charge < -0.3 is 10.0 Å². The van der Waals surface area contributed by atoms with Crippen LogP contribution in [0.5, 0.6) is 0 Å². The van der Waals surface area contributed by atoms with Crippen LogP contribution in [0.3, 0.4) is 0 Å². The van der Waals surface area contributed by atoms with Gasteiger partial charge in [-0.25, -0.2) is 0 Å². The van der Waals surface area contributed by atoms with Crippen LogP contribution in [0.1, 0.15) is 30.6 Å². The molecule has 1 aliphatic rings. The van der Waals surface area contributed by atoms with E-state index in [0.29, 0.717) is 23.7 Å². The molecule has 1 fully saturated rings. The number of aliphatic hydroxyl groups is 1. The highest BCUT2D eigenvalue weighted by Gasteiger charge is 2.30. The second kappa shape index (κ2) is 6.83. The molecule has 5 heteroatoms. The number of hydrogen-bond donors (Lipinski definition) is 1. The maximum absolute atomic E-state index is 12.6. The third kappa shape index (κ3) is 3.48. The first-order valence-corrected chi connectivity index (χ1v) is 8.29. The second-order valence-corrected chi connectivity index (χ2v) is 6.86. The fraction of sp³-hybridized carbons (Fsp3) is 0.533. The standard InChI is InChI=1S/C15H20ClNO2S/c1-3-20-14-5-4-12(16)8-13(14)15(19)17-7-6-11(9-17)10(2)18/h4-5,8,10-11,18H,3,6-7,9H2,1-2H3. The number of thioether (sulfide) groups is 1. The number of aliphatic hydroxyl groups excluding tert-OH is 1. The molecule has 1 amide bonds. The molecule has 0 aromatic heterocycles. The quantitative estimate of drug-likeness (QED) is 0.867. The molecule has 0 bridgehead atoms. The highest BCUT2D eigenvalue weighted by atomic mass is 35.5. The van der Waals surface area contributed by atoms with Crippen molar-refractivity contribution in [3.63, 3.8) is 0 Å². The number of benzene rings is 1. The molecule has 3 nitrogen and oxygen atoms in total. The Labute approximate surface area is 129 Å². The summed E-state index contributed by atoms with van der Waals surface area (Å²) in [7, 11) is 0. The van der Waals surface area contributed by atoms with E-state index in [0.717, 1.165) is 17.1 Å². The van der Waals surface area contributed by atoms with E-state index < -0.39 is 0 Å². The third-order valence-corrected chi connectivity index (χ3v) is 4.86. The molecule has 2 unspecified atom stereocenters. The second-order valence-electron chi connectivity index (χ2n) is 5.11. The van der Waals surface area contributed by atoms with Gasteiger partial charge in [0, 0.05) is 28.9 Å². The average Bonchev–Trinajstić information content (AvgIpc) is 2.90. The lowest BCUT2D eigenvalue weighted by Gasteiger charge is -2.19. The van der Waals surface area contributed by atoms with Crippen LogP contribution in [0.2, 0.25) is 5.02 Å². The number of rotatable bonds is 4. The first-order valence-electron chi connectivity index (χ1n) is 6.92. The van der Waals surface area contributed by atoms with E-state index >= 15 is 0 Å². The molecular weight excluding hydrogens is 294 g/mol. The molecule has 1 saturated heterocycles. The summed E-state index contributed by atoms with van der Waals surface area (Å²) in [6.45, 7) is 5.18. The summed E-state index contributed by atoms with van der Waals surface area (Å²) in [5, 5.41) is 10.2. The van der Waals surface area contributed by atoms with Crippen molar-refractivity contribution in [2.45, 2.75) is 31.3 Å². The summed E-state index contributed by atoms with van der Waals surface area (Å²) in [6, 6.07) is 5.47. The van der Waals surface area contributed by atoms with Crippen molar-refractivity contribution in [3.05, 3.63) is 28.8 Å². The number of nitrogens with zero attached hydrogens (tertiary/aromatic N) is 1. The van der Waals surface area contributed by atoms with Crippen molar-refractivity contribution >= 4 is 29.3 Å². The highest BCUT2D eigenvalue weighted by Crippen LogP contribution is 2.29. The van der Waals surface area contributed by atoms with Gasteiger partial charge in [0.15, 0.2) is 0 Å². The monoisotopic (exact) mass is 313 g/mol. The average molecular weight is 314 g/mol. The van der Waals surface area contributed by atoms with Crippen LogP contribution < -0.4 is 0 Å². The minimum Gasteiger partial charge on any atom is -0.393 e. The molecular formula is C15H20ClNO2S. The minimum absolute atomic E-state index is 0.0200. The number of carbonyl (C=O) groups excluding carboxylic acids is 1. The van der Waals surface area contributed by atoms with Crippen LogP contribution in [0.15, 0.2) is 23.1 Å². The van der Waals surface area contributed by atoms with E-state index in [2.05, 4.69) is 6.92 Å². The Bertz CT molecular complexity index is 493. The van der Waals surface area contributed by atoms with Crippen molar-refractivity contribution < 1.29 is 9.90 Å². The topological polar surface area (TPSA) is 40.5 Å². The lowest BCUT2D eigenvalue weighted by atomic mass is 10.0. The van der Waals surface area contributed by atoms with E-state index in [-0.39, 0.29) is 17.9 Å². The molecule has 2 rings (SSSR count). The highest BCUT2D eigenvalue weighted by molar-refractivity contribution is 7.99. The van der Waals surface area contributed by atoms with Gasteiger partial charge in [-0.15, -0.1) is 11.8 Å². The summed E-state index contributed by atoms with van der Waals surface area (Å²) < 4.78 is 0. The predicted octanol–water partition coefficient (Wildman–Crippen LogP) is 3.29. The van der Waals surface area contributed by atoms with Gasteiger partial charge in [-0.1, -0.05) is 18.5 Å². The van der Waals surface area contributed by atoms with Crippen molar-refractivity contribution in [2.75, 3.05) is 18.8 Å². The number of likely N-dealkylation sites (tertiary alicyclic amines) is 1. The molecule has 1 heterocycles. The van der Waals surface area contributed by atoms with Crippen LogP contribution in [-0.4, -0.2) is 40.9 Å². The normalized spacial score (nSPS) is 20.2. The number of halogens is 1. The Morgan fingerprint density at radius 2 is 2.35 bits per heavy atom. The van der Waals surface area contributed by atoms with Crippen LogP contribution in [0, 0.1) is 5.92 Å². The van der Waals surface area contributed by atoms with Gasteiger partial charge >= 0.3 is 0 Å². The number of amides is 1. The van der Waals surface area contributed by atoms with Crippen molar-refractivity contribution in [3.8, 4) is 0 Å². The fourth-order valence-corrected chi connectivity index (χ4v) is 3.44. The molecule has 0 aliphatic carbocycles. The molecule has 2 atom stereocenters. The molecule has 20 heavy (non-hydrogen) atoms. The van der Waals surface area contributed by atoms with Gasteiger partial charge in [-0.05, 0) is 37.3 Å². The van der Waals surface area contributed by atoms with E-state index in [9.17, 15) is 9.90 Å². The van der Waals surface area contributed by atoms with Gasteiger partial charge in [-0.2, -0.15) is 0 Å². The molecule has 1 aliphatic heterocycles. The van der Waals surface area contributed by atoms with E-state index in [1.54, 1.807) is 24.8 Å². The summed E-state index contributed by atoms with van der Waals surface area (Å²) in [6.07, 6.45) is 0.497. The van der Waals surface area contributed by atoms with Gasteiger partial charge in [0.2, 0.25) is 0 Å². The zero-order chi connectivity index (χ0) is 14.7. The smallest absolute Gasteiger partial charge is 0.255 e. The largest absolute Gasteiger partial charge is 0.393 e. The number of carbonyl (C=O) groups is 1.